The van der Waals surface area contributed by atoms with E-state index in [1.54, 1.807) is 23.5 Å². The van der Waals surface area contributed by atoms with E-state index in [-0.39, 0.29) is 16.7 Å². The fraction of sp³-hybridized carbons (Fsp3) is 0.400. The fourth-order valence-corrected chi connectivity index (χ4v) is 3.17. The first-order valence-electron chi connectivity index (χ1n) is 6.88. The normalized spacial score (nSPS) is 12.3. The molecule has 0 aliphatic carbocycles. The SMILES string of the molecule is Cc1nc(C(C)NCCc2ccc([N+](=O)[O-])cc2)c(C)s1. The van der Waals surface area contributed by atoms with Crippen molar-refractivity contribution in [2.75, 3.05) is 6.54 Å². The quantitative estimate of drug-likeness (QED) is 0.654. The number of nitro groups is 1. The molecule has 2 aromatic rings. The lowest BCUT2D eigenvalue weighted by Crippen LogP contribution is -2.22. The minimum absolute atomic E-state index is 0.133. The minimum atomic E-state index is -0.378. The number of benzene rings is 1. The summed E-state index contributed by atoms with van der Waals surface area (Å²) in [6.45, 7) is 7.03. The molecule has 0 aliphatic heterocycles. The summed E-state index contributed by atoms with van der Waals surface area (Å²) in [6, 6.07) is 6.93. The summed E-state index contributed by atoms with van der Waals surface area (Å²) in [5, 5.41) is 15.1. The molecule has 0 spiro atoms. The van der Waals surface area contributed by atoms with Gasteiger partial charge < -0.3 is 5.32 Å². The van der Waals surface area contributed by atoms with Gasteiger partial charge in [-0.2, -0.15) is 0 Å². The molecule has 2 rings (SSSR count). The number of hydrogen-bond acceptors (Lipinski definition) is 5. The molecular formula is C15H19N3O2S. The average molecular weight is 305 g/mol. The van der Waals surface area contributed by atoms with Crippen LogP contribution >= 0.6 is 11.3 Å². The standard InChI is InChI=1S/C15H19N3O2S/c1-10(15-11(2)21-12(3)17-15)16-9-8-13-4-6-14(7-5-13)18(19)20/h4-7,10,16H,8-9H2,1-3H3. The molecule has 21 heavy (non-hydrogen) atoms. The number of nitrogens with one attached hydrogen (secondary N) is 1. The zero-order chi connectivity index (χ0) is 15.4. The van der Waals surface area contributed by atoms with Crippen molar-refractivity contribution in [2.24, 2.45) is 0 Å². The highest BCUT2D eigenvalue weighted by Crippen LogP contribution is 2.22. The van der Waals surface area contributed by atoms with Gasteiger partial charge in [-0.1, -0.05) is 12.1 Å². The van der Waals surface area contributed by atoms with Gasteiger partial charge >= 0.3 is 0 Å². The van der Waals surface area contributed by atoms with Crippen LogP contribution in [0.15, 0.2) is 24.3 Å². The first-order chi connectivity index (χ1) is 9.97. The van der Waals surface area contributed by atoms with Crippen molar-refractivity contribution in [2.45, 2.75) is 33.2 Å². The minimum Gasteiger partial charge on any atom is -0.308 e. The number of nitrogens with zero attached hydrogens (tertiary/aromatic N) is 2. The molecule has 1 aromatic carbocycles. The third-order valence-electron chi connectivity index (χ3n) is 3.36. The first kappa shape index (κ1) is 15.6. The number of aryl methyl sites for hydroxylation is 2. The number of thiazole rings is 1. The van der Waals surface area contributed by atoms with E-state index in [4.69, 9.17) is 0 Å². The lowest BCUT2D eigenvalue weighted by Gasteiger charge is -2.12. The van der Waals surface area contributed by atoms with E-state index in [1.807, 2.05) is 19.1 Å². The number of nitro benzene ring substituents is 1. The second-order valence-electron chi connectivity index (χ2n) is 5.02. The summed E-state index contributed by atoms with van der Waals surface area (Å²) in [5.74, 6) is 0. The maximum atomic E-state index is 10.6. The first-order valence-corrected chi connectivity index (χ1v) is 7.69. The molecule has 1 N–H and O–H groups in total. The molecule has 1 atom stereocenters. The van der Waals surface area contributed by atoms with E-state index in [2.05, 4.69) is 24.1 Å². The largest absolute Gasteiger partial charge is 0.308 e. The van der Waals surface area contributed by atoms with Crippen LogP contribution in [0.25, 0.3) is 0 Å². The topological polar surface area (TPSA) is 68.1 Å². The van der Waals surface area contributed by atoms with E-state index in [0.29, 0.717) is 0 Å². The van der Waals surface area contributed by atoms with Crippen molar-refractivity contribution in [1.82, 2.24) is 10.3 Å². The van der Waals surface area contributed by atoms with Crippen molar-refractivity contribution in [3.05, 3.63) is 55.5 Å². The summed E-state index contributed by atoms with van der Waals surface area (Å²) in [7, 11) is 0. The Morgan fingerprint density at radius 3 is 2.52 bits per heavy atom. The molecule has 1 unspecified atom stereocenters. The van der Waals surface area contributed by atoms with Gasteiger partial charge in [0.2, 0.25) is 0 Å². The van der Waals surface area contributed by atoms with Gasteiger partial charge in [0.25, 0.3) is 5.69 Å². The molecule has 6 heteroatoms. The molecule has 0 bridgehead atoms. The Kier molecular flexibility index (Phi) is 5.03. The van der Waals surface area contributed by atoms with Gasteiger partial charge in [0, 0.05) is 23.1 Å². The van der Waals surface area contributed by atoms with Crippen LogP contribution in [-0.2, 0) is 6.42 Å². The smallest absolute Gasteiger partial charge is 0.269 e. The third kappa shape index (κ3) is 4.09. The van der Waals surface area contributed by atoms with Crippen LogP contribution < -0.4 is 5.32 Å². The Labute approximate surface area is 128 Å². The van der Waals surface area contributed by atoms with Gasteiger partial charge in [0.1, 0.15) is 0 Å². The third-order valence-corrected chi connectivity index (χ3v) is 4.26. The average Bonchev–Trinajstić information content (AvgIpc) is 2.78. The molecule has 112 valence electrons. The van der Waals surface area contributed by atoms with Crippen molar-refractivity contribution in [1.29, 1.82) is 0 Å². The Bertz CT molecular complexity index is 622. The molecule has 0 aliphatic rings. The van der Waals surface area contributed by atoms with E-state index >= 15 is 0 Å². The second kappa shape index (κ2) is 6.78. The molecule has 1 heterocycles. The van der Waals surface area contributed by atoms with Crippen LogP contribution in [-0.4, -0.2) is 16.5 Å². The summed E-state index contributed by atoms with van der Waals surface area (Å²) in [4.78, 5) is 16.0. The summed E-state index contributed by atoms with van der Waals surface area (Å²) >= 11 is 1.72. The van der Waals surface area contributed by atoms with Crippen molar-refractivity contribution in [3.63, 3.8) is 0 Å². The molecule has 0 fully saturated rings. The number of hydrogen-bond donors (Lipinski definition) is 1. The maximum absolute atomic E-state index is 10.6. The summed E-state index contributed by atoms with van der Waals surface area (Å²) < 4.78 is 0. The molecule has 0 radical (unpaired) electrons. The Morgan fingerprint density at radius 1 is 1.33 bits per heavy atom. The van der Waals surface area contributed by atoms with Gasteiger partial charge in [0.15, 0.2) is 0 Å². The lowest BCUT2D eigenvalue weighted by atomic mass is 10.1. The second-order valence-corrected chi connectivity index (χ2v) is 6.43. The van der Waals surface area contributed by atoms with Crippen LogP contribution in [0, 0.1) is 24.0 Å². The fourth-order valence-electron chi connectivity index (χ4n) is 2.26. The van der Waals surface area contributed by atoms with Gasteiger partial charge in [-0.15, -0.1) is 11.3 Å². The number of rotatable bonds is 6. The van der Waals surface area contributed by atoms with Crippen LogP contribution in [0.4, 0.5) is 5.69 Å². The van der Waals surface area contributed by atoms with Gasteiger partial charge in [-0.05, 0) is 39.3 Å². The highest BCUT2D eigenvalue weighted by atomic mass is 32.1. The zero-order valence-electron chi connectivity index (χ0n) is 12.4. The highest BCUT2D eigenvalue weighted by molar-refractivity contribution is 7.11. The number of non-ortho nitro benzene ring substituents is 1. The molecule has 0 amide bonds. The Balaban J connectivity index is 1.86. The van der Waals surface area contributed by atoms with Crippen LogP contribution in [0.5, 0.6) is 0 Å². The van der Waals surface area contributed by atoms with Crippen molar-refractivity contribution in [3.8, 4) is 0 Å². The molecule has 1 aromatic heterocycles. The Hall–Kier alpha value is -1.79. The predicted octanol–water partition coefficient (Wildman–Crippen LogP) is 3.56. The molecule has 0 saturated heterocycles. The Morgan fingerprint density at radius 2 is 2.00 bits per heavy atom. The molecule has 5 nitrogen and oxygen atoms in total. The van der Waals surface area contributed by atoms with E-state index in [9.17, 15) is 10.1 Å². The van der Waals surface area contributed by atoms with Gasteiger partial charge in [0.05, 0.1) is 15.6 Å². The summed E-state index contributed by atoms with van der Waals surface area (Å²) in [5.41, 5.74) is 2.33. The predicted molar refractivity (Wildman–Crippen MR) is 84.8 cm³/mol. The van der Waals surface area contributed by atoms with Crippen LogP contribution in [0.3, 0.4) is 0 Å². The van der Waals surface area contributed by atoms with Crippen LogP contribution in [0.1, 0.15) is 34.1 Å². The summed E-state index contributed by atoms with van der Waals surface area (Å²) in [6.07, 6.45) is 0.838. The monoisotopic (exact) mass is 305 g/mol. The van der Waals surface area contributed by atoms with Gasteiger partial charge in [-0.3, -0.25) is 10.1 Å². The van der Waals surface area contributed by atoms with Crippen LogP contribution in [0.2, 0.25) is 0 Å². The van der Waals surface area contributed by atoms with Crippen molar-refractivity contribution >= 4 is 17.0 Å². The van der Waals surface area contributed by atoms with E-state index in [0.717, 1.165) is 29.2 Å². The van der Waals surface area contributed by atoms with E-state index < -0.39 is 0 Å². The molecular weight excluding hydrogens is 286 g/mol. The highest BCUT2D eigenvalue weighted by Gasteiger charge is 2.12. The van der Waals surface area contributed by atoms with E-state index in [1.165, 1.54) is 4.88 Å². The maximum Gasteiger partial charge on any atom is 0.269 e. The van der Waals surface area contributed by atoms with Crippen molar-refractivity contribution < 1.29 is 4.92 Å². The number of aromatic nitrogens is 1. The molecule has 0 saturated carbocycles. The lowest BCUT2D eigenvalue weighted by molar-refractivity contribution is -0.384. The zero-order valence-corrected chi connectivity index (χ0v) is 13.2. The van der Waals surface area contributed by atoms with Gasteiger partial charge in [-0.25, -0.2) is 4.98 Å².